The molecule has 2 bridgehead atoms. The minimum absolute atomic E-state index is 0.0263. The molecule has 0 aromatic heterocycles. The molecule has 3 heteroatoms. The van der Waals surface area contributed by atoms with Gasteiger partial charge in [0, 0.05) is 6.04 Å². The normalized spacial score (nSPS) is 28.4. The second-order valence-electron chi connectivity index (χ2n) is 6.51. The van der Waals surface area contributed by atoms with E-state index in [4.69, 9.17) is 4.74 Å². The number of benzene rings is 1. The molecule has 0 saturated heterocycles. The van der Waals surface area contributed by atoms with E-state index in [0.717, 1.165) is 30.1 Å². The van der Waals surface area contributed by atoms with Crippen molar-refractivity contribution in [2.45, 2.75) is 58.1 Å². The second kappa shape index (κ2) is 6.08. The molecule has 0 radical (unpaired) electrons. The molecule has 4 atom stereocenters. The Morgan fingerprint density at radius 1 is 1.33 bits per heavy atom. The number of amides is 1. The standard InChI is InChI=1S/C18H25NO2/c1-3-14-6-4-5-7-17(14)21-12(2)18(20)19-16-11-13-8-9-15(16)10-13/h4-7,12-13,15-16H,3,8-11H2,1-2H3,(H,19,20)/t12-,13+,15+,16+/m0/s1. The quantitative estimate of drug-likeness (QED) is 0.902. The van der Waals surface area contributed by atoms with E-state index in [1.165, 1.54) is 19.3 Å². The summed E-state index contributed by atoms with van der Waals surface area (Å²) in [7, 11) is 0. The third-order valence-corrected chi connectivity index (χ3v) is 5.09. The Balaban J connectivity index is 1.57. The maximum atomic E-state index is 12.3. The Labute approximate surface area is 127 Å². The average Bonchev–Trinajstić information content (AvgIpc) is 3.10. The van der Waals surface area contributed by atoms with Gasteiger partial charge in [0.05, 0.1) is 0 Å². The Hall–Kier alpha value is -1.51. The van der Waals surface area contributed by atoms with Crippen molar-refractivity contribution in [2.75, 3.05) is 0 Å². The molecule has 21 heavy (non-hydrogen) atoms. The van der Waals surface area contributed by atoms with Gasteiger partial charge < -0.3 is 10.1 Å². The van der Waals surface area contributed by atoms with Crippen molar-refractivity contribution >= 4 is 5.91 Å². The molecule has 2 aliphatic carbocycles. The summed E-state index contributed by atoms with van der Waals surface area (Å²) in [5, 5.41) is 3.20. The van der Waals surface area contributed by atoms with Crippen LogP contribution in [0.4, 0.5) is 0 Å². The first-order chi connectivity index (χ1) is 10.2. The maximum Gasteiger partial charge on any atom is 0.261 e. The fourth-order valence-electron chi connectivity index (χ4n) is 3.88. The van der Waals surface area contributed by atoms with Crippen LogP contribution in [0.5, 0.6) is 5.75 Å². The lowest BCUT2D eigenvalue weighted by Crippen LogP contribution is -2.44. The molecule has 2 saturated carbocycles. The Morgan fingerprint density at radius 2 is 2.14 bits per heavy atom. The van der Waals surface area contributed by atoms with Crippen molar-refractivity contribution in [3.05, 3.63) is 29.8 Å². The Bertz CT molecular complexity index is 514. The summed E-state index contributed by atoms with van der Waals surface area (Å²) < 4.78 is 5.88. The van der Waals surface area contributed by atoms with Gasteiger partial charge in [-0.2, -0.15) is 0 Å². The van der Waals surface area contributed by atoms with Crippen LogP contribution in [0.2, 0.25) is 0 Å². The minimum atomic E-state index is -0.433. The highest BCUT2D eigenvalue weighted by molar-refractivity contribution is 5.81. The molecular formula is C18H25NO2. The zero-order valence-corrected chi connectivity index (χ0v) is 13.0. The summed E-state index contributed by atoms with van der Waals surface area (Å²) >= 11 is 0. The molecule has 2 fully saturated rings. The molecule has 3 rings (SSSR count). The molecule has 2 aliphatic rings. The van der Waals surface area contributed by atoms with Gasteiger partial charge in [-0.3, -0.25) is 4.79 Å². The Morgan fingerprint density at radius 3 is 2.81 bits per heavy atom. The van der Waals surface area contributed by atoms with Crippen LogP contribution in [0.25, 0.3) is 0 Å². The molecule has 1 aromatic rings. The molecular weight excluding hydrogens is 262 g/mol. The van der Waals surface area contributed by atoms with E-state index in [9.17, 15) is 4.79 Å². The molecule has 1 aromatic carbocycles. The molecule has 0 aliphatic heterocycles. The third kappa shape index (κ3) is 3.07. The number of fused-ring (bicyclic) bond motifs is 2. The number of ether oxygens (including phenoxy) is 1. The van der Waals surface area contributed by atoms with E-state index in [2.05, 4.69) is 18.3 Å². The molecule has 1 amide bonds. The van der Waals surface area contributed by atoms with E-state index < -0.39 is 6.10 Å². The van der Waals surface area contributed by atoms with Gasteiger partial charge in [-0.05, 0) is 56.1 Å². The fourth-order valence-corrected chi connectivity index (χ4v) is 3.88. The summed E-state index contributed by atoms with van der Waals surface area (Å²) in [6.07, 6.45) is 5.58. The maximum absolute atomic E-state index is 12.3. The van der Waals surface area contributed by atoms with Crippen molar-refractivity contribution in [3.63, 3.8) is 0 Å². The van der Waals surface area contributed by atoms with Crippen LogP contribution in [0, 0.1) is 11.8 Å². The number of hydrogen-bond donors (Lipinski definition) is 1. The van der Waals surface area contributed by atoms with Crippen molar-refractivity contribution in [3.8, 4) is 5.75 Å². The summed E-state index contributed by atoms with van der Waals surface area (Å²) in [6.45, 7) is 3.94. The van der Waals surface area contributed by atoms with Crippen LogP contribution >= 0.6 is 0 Å². The van der Waals surface area contributed by atoms with Crippen molar-refractivity contribution in [1.82, 2.24) is 5.32 Å². The number of carbonyl (C=O) groups excluding carboxylic acids is 1. The van der Waals surface area contributed by atoms with E-state index in [0.29, 0.717) is 12.0 Å². The molecule has 0 heterocycles. The van der Waals surface area contributed by atoms with Gasteiger partial charge in [-0.15, -0.1) is 0 Å². The van der Waals surface area contributed by atoms with Gasteiger partial charge >= 0.3 is 0 Å². The van der Waals surface area contributed by atoms with Crippen molar-refractivity contribution in [2.24, 2.45) is 11.8 Å². The number of hydrogen-bond acceptors (Lipinski definition) is 2. The van der Waals surface area contributed by atoms with E-state index in [-0.39, 0.29) is 5.91 Å². The second-order valence-corrected chi connectivity index (χ2v) is 6.51. The molecule has 1 N–H and O–H groups in total. The fraction of sp³-hybridized carbons (Fsp3) is 0.611. The van der Waals surface area contributed by atoms with Crippen molar-refractivity contribution < 1.29 is 9.53 Å². The highest BCUT2D eigenvalue weighted by atomic mass is 16.5. The average molecular weight is 287 g/mol. The van der Waals surface area contributed by atoms with Gasteiger partial charge in [0.25, 0.3) is 5.91 Å². The van der Waals surface area contributed by atoms with Gasteiger partial charge in [0.2, 0.25) is 0 Å². The van der Waals surface area contributed by atoms with Gasteiger partial charge in [0.15, 0.2) is 6.10 Å². The topological polar surface area (TPSA) is 38.3 Å². The number of carbonyl (C=O) groups is 1. The zero-order chi connectivity index (χ0) is 14.8. The first-order valence-electron chi connectivity index (χ1n) is 8.22. The number of nitrogens with one attached hydrogen (secondary N) is 1. The van der Waals surface area contributed by atoms with Gasteiger partial charge in [-0.25, -0.2) is 0 Å². The molecule has 0 spiro atoms. The van der Waals surface area contributed by atoms with Crippen LogP contribution in [-0.4, -0.2) is 18.1 Å². The summed E-state index contributed by atoms with van der Waals surface area (Å²) in [5.74, 6) is 2.40. The largest absolute Gasteiger partial charge is 0.481 e. The van der Waals surface area contributed by atoms with Gasteiger partial charge in [0.1, 0.15) is 5.75 Å². The SMILES string of the molecule is CCc1ccccc1O[C@@H](C)C(=O)N[C@@H]1C[C@@H]2CC[C@@H]1C2. The predicted octanol–water partition coefficient (Wildman–Crippen LogP) is 3.32. The highest BCUT2D eigenvalue weighted by Gasteiger charge is 2.40. The lowest BCUT2D eigenvalue weighted by Gasteiger charge is -2.25. The first-order valence-corrected chi connectivity index (χ1v) is 8.22. The molecule has 114 valence electrons. The van der Waals surface area contributed by atoms with Crippen LogP contribution in [0.3, 0.4) is 0 Å². The number of aryl methyl sites for hydroxylation is 1. The predicted molar refractivity (Wildman–Crippen MR) is 83.3 cm³/mol. The zero-order valence-electron chi connectivity index (χ0n) is 13.0. The van der Waals surface area contributed by atoms with Crippen LogP contribution in [0.1, 0.15) is 45.1 Å². The smallest absolute Gasteiger partial charge is 0.261 e. The monoisotopic (exact) mass is 287 g/mol. The van der Waals surface area contributed by atoms with Crippen LogP contribution < -0.4 is 10.1 Å². The van der Waals surface area contributed by atoms with E-state index in [1.807, 2.05) is 25.1 Å². The van der Waals surface area contributed by atoms with Crippen LogP contribution in [-0.2, 0) is 11.2 Å². The number of rotatable bonds is 5. The van der Waals surface area contributed by atoms with Gasteiger partial charge in [-0.1, -0.05) is 31.5 Å². The lowest BCUT2D eigenvalue weighted by atomic mass is 9.95. The minimum Gasteiger partial charge on any atom is -0.481 e. The first kappa shape index (κ1) is 14.4. The van der Waals surface area contributed by atoms with E-state index in [1.54, 1.807) is 0 Å². The summed E-state index contributed by atoms with van der Waals surface area (Å²) in [5.41, 5.74) is 1.15. The third-order valence-electron chi connectivity index (χ3n) is 5.09. The molecule has 3 nitrogen and oxygen atoms in total. The van der Waals surface area contributed by atoms with Crippen LogP contribution in [0.15, 0.2) is 24.3 Å². The Kier molecular flexibility index (Phi) is 4.18. The highest BCUT2D eigenvalue weighted by Crippen LogP contribution is 2.44. The summed E-state index contributed by atoms with van der Waals surface area (Å²) in [6, 6.07) is 8.33. The van der Waals surface area contributed by atoms with E-state index >= 15 is 0 Å². The molecule has 0 unspecified atom stereocenters. The lowest BCUT2D eigenvalue weighted by molar-refractivity contribution is -0.128. The summed E-state index contributed by atoms with van der Waals surface area (Å²) in [4.78, 5) is 12.3. The number of para-hydroxylation sites is 1. The van der Waals surface area contributed by atoms with Crippen molar-refractivity contribution in [1.29, 1.82) is 0 Å².